The van der Waals surface area contributed by atoms with Crippen molar-refractivity contribution in [1.29, 1.82) is 0 Å². The zero-order valence-electron chi connectivity index (χ0n) is 15.6. The predicted molar refractivity (Wildman–Crippen MR) is 100 cm³/mol. The van der Waals surface area contributed by atoms with Crippen molar-refractivity contribution in [3.05, 3.63) is 48.0 Å². The average molecular weight is 360 g/mol. The van der Waals surface area contributed by atoms with E-state index in [0.29, 0.717) is 26.2 Å². The molecule has 0 heterocycles. The predicted octanol–water partition coefficient (Wildman–Crippen LogP) is 3.46. The highest BCUT2D eigenvalue weighted by molar-refractivity contribution is 6.25. The summed E-state index contributed by atoms with van der Waals surface area (Å²) in [5.74, 6) is 0.887. The lowest BCUT2D eigenvalue weighted by molar-refractivity contribution is -0.116. The van der Waals surface area contributed by atoms with Gasteiger partial charge in [0.05, 0.1) is 26.4 Å². The quantitative estimate of drug-likeness (QED) is 0.220. The molecule has 6 heteroatoms. The fourth-order valence-electron chi connectivity index (χ4n) is 2.52. The van der Waals surface area contributed by atoms with Gasteiger partial charge in [-0.2, -0.15) is 4.79 Å². The van der Waals surface area contributed by atoms with Crippen molar-refractivity contribution >= 4 is 12.0 Å². The number of benzene rings is 1. The lowest BCUT2D eigenvalue weighted by atomic mass is 10.00. The molecule has 2 atom stereocenters. The molecule has 0 amide bonds. The van der Waals surface area contributed by atoms with Gasteiger partial charge in [-0.15, -0.1) is 6.58 Å². The second kappa shape index (κ2) is 13.0. The summed E-state index contributed by atoms with van der Waals surface area (Å²) in [6.45, 7) is 7.32. The van der Waals surface area contributed by atoms with Gasteiger partial charge in [-0.1, -0.05) is 25.1 Å². The highest BCUT2D eigenvalue weighted by atomic mass is 16.5. The second-order valence-corrected chi connectivity index (χ2v) is 6.20. The fourth-order valence-corrected chi connectivity index (χ4v) is 2.52. The zero-order valence-corrected chi connectivity index (χ0v) is 15.6. The van der Waals surface area contributed by atoms with Gasteiger partial charge < -0.3 is 19.7 Å². The minimum absolute atomic E-state index is 0.0661. The van der Waals surface area contributed by atoms with E-state index in [4.69, 9.17) is 19.7 Å². The molecule has 0 N–H and O–H groups in total. The molecule has 26 heavy (non-hydrogen) atoms. The van der Waals surface area contributed by atoms with Crippen molar-refractivity contribution in [3.63, 3.8) is 0 Å². The summed E-state index contributed by atoms with van der Waals surface area (Å²) in [4.78, 5) is 14.2. The van der Waals surface area contributed by atoms with Crippen LogP contribution >= 0.6 is 0 Å². The van der Waals surface area contributed by atoms with Gasteiger partial charge in [-0.25, -0.2) is 0 Å². The summed E-state index contributed by atoms with van der Waals surface area (Å²) in [6.07, 6.45) is 4.18. The van der Waals surface area contributed by atoms with Gasteiger partial charge >= 0.3 is 6.21 Å². The first kappa shape index (κ1) is 21.8. The average Bonchev–Trinajstić information content (AvgIpc) is 2.64. The smallest absolute Gasteiger partial charge is 0.323 e. The van der Waals surface area contributed by atoms with E-state index in [2.05, 4.69) is 18.3 Å². The van der Waals surface area contributed by atoms with Crippen LogP contribution in [0.1, 0.15) is 31.7 Å². The van der Waals surface area contributed by atoms with Crippen molar-refractivity contribution in [2.45, 2.75) is 38.9 Å². The van der Waals surface area contributed by atoms with Crippen molar-refractivity contribution in [2.75, 3.05) is 20.3 Å². The van der Waals surface area contributed by atoms with Gasteiger partial charge in [-0.05, 0) is 36.5 Å². The van der Waals surface area contributed by atoms with E-state index in [1.54, 1.807) is 13.2 Å². The molecule has 1 rings (SSSR count). The summed E-state index contributed by atoms with van der Waals surface area (Å²) in [7, 11) is 1.64. The Kier molecular flexibility index (Phi) is 10.9. The van der Waals surface area contributed by atoms with E-state index < -0.39 is 0 Å². The number of rotatable bonds is 14. The number of nitrogens with zero attached hydrogens (tertiary/aromatic N) is 2. The standard InChI is InChI=1S/C20H28N2O4/c1-4-11-26-20(10-7-18(23)13-22-21)12-16(2)14-25-15-17-5-8-19(24-3)9-6-17/h4-6,8-9,13,16,20H,1,7,10-12,14-15H2,2-3H3/t16-,20+/m1/s1. The number of Topliss-reactive ketones (excluding diaryl/α,β-unsaturated/α-hetero) is 1. The summed E-state index contributed by atoms with van der Waals surface area (Å²) in [5.41, 5.74) is 9.48. The Hall–Kier alpha value is -2.27. The maximum atomic E-state index is 11.5. The molecule has 0 unspecified atom stereocenters. The molecule has 1 aromatic carbocycles. The van der Waals surface area contributed by atoms with Gasteiger partial charge in [0.25, 0.3) is 0 Å². The molecule has 0 saturated heterocycles. The normalized spacial score (nSPS) is 12.7. The lowest BCUT2D eigenvalue weighted by Crippen LogP contribution is -2.21. The van der Waals surface area contributed by atoms with Crippen molar-refractivity contribution in [3.8, 4) is 5.75 Å². The summed E-state index contributed by atoms with van der Waals surface area (Å²) in [5, 5.41) is 0. The van der Waals surface area contributed by atoms with Gasteiger partial charge in [-0.3, -0.25) is 4.79 Å². The number of carbonyl (C=O) groups excluding carboxylic acids is 1. The van der Waals surface area contributed by atoms with Crippen LogP contribution in [0.2, 0.25) is 0 Å². The van der Waals surface area contributed by atoms with Crippen LogP contribution in [0.15, 0.2) is 36.9 Å². The van der Waals surface area contributed by atoms with E-state index in [1.165, 1.54) is 0 Å². The first-order chi connectivity index (χ1) is 12.6. The van der Waals surface area contributed by atoms with Crippen LogP contribution in [0.5, 0.6) is 5.75 Å². The molecule has 0 aliphatic carbocycles. The van der Waals surface area contributed by atoms with Crippen LogP contribution in [0.4, 0.5) is 0 Å². The Morgan fingerprint density at radius 1 is 1.35 bits per heavy atom. The van der Waals surface area contributed by atoms with Crippen LogP contribution in [-0.4, -0.2) is 43.2 Å². The number of carbonyl (C=O) groups is 1. The van der Waals surface area contributed by atoms with Crippen molar-refractivity contribution < 1.29 is 23.8 Å². The minimum Gasteiger partial charge on any atom is -0.497 e. The molecule has 0 radical (unpaired) electrons. The Labute approximate surface area is 155 Å². The maximum absolute atomic E-state index is 11.5. The third-order valence-corrected chi connectivity index (χ3v) is 3.86. The molecular formula is C20H28N2O4. The minimum atomic E-state index is -0.219. The molecular weight excluding hydrogens is 332 g/mol. The highest BCUT2D eigenvalue weighted by Crippen LogP contribution is 2.16. The molecule has 1 aromatic rings. The van der Waals surface area contributed by atoms with E-state index in [1.807, 2.05) is 24.3 Å². The molecule has 0 saturated carbocycles. The second-order valence-electron chi connectivity index (χ2n) is 6.20. The van der Waals surface area contributed by atoms with Gasteiger partial charge in [0.1, 0.15) is 5.75 Å². The first-order valence-corrected chi connectivity index (χ1v) is 8.72. The molecule has 0 bridgehead atoms. The Morgan fingerprint density at radius 3 is 2.69 bits per heavy atom. The summed E-state index contributed by atoms with van der Waals surface area (Å²) < 4.78 is 16.7. The number of hydrogen-bond donors (Lipinski definition) is 0. The van der Waals surface area contributed by atoms with E-state index in [-0.39, 0.29) is 24.2 Å². The molecule has 142 valence electrons. The lowest BCUT2D eigenvalue weighted by Gasteiger charge is -2.20. The maximum Gasteiger partial charge on any atom is 0.323 e. The highest BCUT2D eigenvalue weighted by Gasteiger charge is 2.16. The Balaban J connectivity index is 2.38. The first-order valence-electron chi connectivity index (χ1n) is 8.72. The zero-order chi connectivity index (χ0) is 19.2. The molecule has 0 fully saturated rings. The molecule has 0 spiro atoms. The number of ketones is 1. The van der Waals surface area contributed by atoms with Gasteiger partial charge in [0.2, 0.25) is 5.78 Å². The van der Waals surface area contributed by atoms with Gasteiger partial charge in [0.15, 0.2) is 0 Å². The topological polar surface area (TPSA) is 81.2 Å². The van der Waals surface area contributed by atoms with Crippen LogP contribution in [0, 0.1) is 5.92 Å². The Morgan fingerprint density at radius 2 is 2.08 bits per heavy atom. The molecule has 6 nitrogen and oxygen atoms in total. The van der Waals surface area contributed by atoms with Crippen molar-refractivity contribution in [1.82, 2.24) is 0 Å². The number of hydrogen-bond acceptors (Lipinski definition) is 4. The number of methoxy groups -OCH3 is 1. The number of ether oxygens (including phenoxy) is 3. The Bertz CT molecular complexity index is 594. The van der Waals surface area contributed by atoms with E-state index in [9.17, 15) is 4.79 Å². The van der Waals surface area contributed by atoms with E-state index >= 15 is 0 Å². The molecule has 0 aromatic heterocycles. The summed E-state index contributed by atoms with van der Waals surface area (Å²) >= 11 is 0. The van der Waals surface area contributed by atoms with Crippen LogP contribution in [0.3, 0.4) is 0 Å². The largest absolute Gasteiger partial charge is 0.497 e. The van der Waals surface area contributed by atoms with Crippen LogP contribution in [0.25, 0.3) is 5.53 Å². The SMILES string of the molecule is C=CCO[C@@H](CCC(=O)C=[N+]=[N-])C[C@@H](C)COCc1ccc(OC)cc1. The van der Waals surface area contributed by atoms with Crippen LogP contribution in [-0.2, 0) is 20.9 Å². The monoisotopic (exact) mass is 360 g/mol. The third-order valence-electron chi connectivity index (χ3n) is 3.86. The third kappa shape index (κ3) is 9.28. The fraction of sp³-hybridized carbons (Fsp3) is 0.500. The molecule has 0 aliphatic heterocycles. The van der Waals surface area contributed by atoms with E-state index in [0.717, 1.165) is 23.9 Å². The van der Waals surface area contributed by atoms with Crippen molar-refractivity contribution in [2.24, 2.45) is 5.92 Å². The van der Waals surface area contributed by atoms with Gasteiger partial charge in [0, 0.05) is 13.0 Å². The summed E-state index contributed by atoms with van der Waals surface area (Å²) in [6, 6.07) is 7.78. The molecule has 0 aliphatic rings. The van der Waals surface area contributed by atoms with Crippen LogP contribution < -0.4 is 4.74 Å².